The molecule has 1 atom stereocenters. The van der Waals surface area contributed by atoms with Crippen LogP contribution in [0.5, 0.6) is 0 Å². The third kappa shape index (κ3) is 2.66. The molecule has 0 bridgehead atoms. The number of hydrogen-bond acceptors (Lipinski definition) is 3. The van der Waals surface area contributed by atoms with Crippen LogP contribution < -0.4 is 5.32 Å². The minimum atomic E-state index is 0.434. The molecule has 2 heterocycles. The molecule has 1 aliphatic rings. The number of aliphatic imine (C=N–C) groups is 1. The highest BCUT2D eigenvalue weighted by Crippen LogP contribution is 2.43. The summed E-state index contributed by atoms with van der Waals surface area (Å²) in [6.07, 6.45) is 5.61. The van der Waals surface area contributed by atoms with E-state index in [1.807, 2.05) is 24.7 Å². The molecule has 0 amide bonds. The van der Waals surface area contributed by atoms with Crippen LogP contribution in [0.4, 0.5) is 5.69 Å². The lowest BCUT2D eigenvalue weighted by molar-refractivity contribution is 0.475. The zero-order valence-electron chi connectivity index (χ0n) is 13.1. The Morgan fingerprint density at radius 3 is 2.92 bits per heavy atom. The van der Waals surface area contributed by atoms with Crippen LogP contribution >= 0.6 is 23.2 Å². The number of benzene rings is 2. The molecule has 0 radical (unpaired) electrons. The molecule has 4 nitrogen and oxygen atoms in total. The minimum Gasteiger partial charge on any atom is -0.369 e. The molecule has 1 aromatic heterocycles. The fourth-order valence-electron chi connectivity index (χ4n) is 3.09. The summed E-state index contributed by atoms with van der Waals surface area (Å²) < 4.78 is 2.08. The highest BCUT2D eigenvalue weighted by molar-refractivity contribution is 6.42. The van der Waals surface area contributed by atoms with Crippen LogP contribution in [0.25, 0.3) is 10.8 Å². The Morgan fingerprint density at radius 2 is 2.12 bits per heavy atom. The molecule has 0 aliphatic carbocycles. The van der Waals surface area contributed by atoms with E-state index in [-0.39, 0.29) is 0 Å². The first-order valence-corrected chi connectivity index (χ1v) is 8.58. The molecule has 0 fully saturated rings. The first-order valence-electron chi connectivity index (χ1n) is 7.83. The lowest BCUT2D eigenvalue weighted by Gasteiger charge is -2.14. The number of rotatable bonds is 4. The smallest absolute Gasteiger partial charge is 0.134 e. The summed E-state index contributed by atoms with van der Waals surface area (Å²) in [6, 6.07) is 7.82. The zero-order chi connectivity index (χ0) is 16.7. The molecule has 24 heavy (non-hydrogen) atoms. The van der Waals surface area contributed by atoms with E-state index >= 15 is 0 Å². The van der Waals surface area contributed by atoms with Gasteiger partial charge in [-0.2, -0.15) is 0 Å². The fraction of sp³-hybridized carbons (Fsp3) is 0.222. The van der Waals surface area contributed by atoms with Gasteiger partial charge in [0, 0.05) is 41.8 Å². The van der Waals surface area contributed by atoms with E-state index in [0.717, 1.165) is 40.9 Å². The lowest BCUT2D eigenvalue weighted by atomic mass is 10.0. The summed E-state index contributed by atoms with van der Waals surface area (Å²) in [5.74, 6) is 1.29. The Kier molecular flexibility index (Phi) is 3.94. The van der Waals surface area contributed by atoms with E-state index in [1.165, 1.54) is 0 Å². The maximum atomic E-state index is 6.34. The average molecular weight is 359 g/mol. The van der Waals surface area contributed by atoms with Crippen molar-refractivity contribution in [3.05, 3.63) is 58.6 Å². The third-order valence-corrected chi connectivity index (χ3v) is 4.82. The van der Waals surface area contributed by atoms with E-state index in [1.54, 1.807) is 12.3 Å². The van der Waals surface area contributed by atoms with Crippen molar-refractivity contribution in [1.29, 1.82) is 0 Å². The summed E-state index contributed by atoms with van der Waals surface area (Å²) in [5, 5.41) is 6.72. The molecule has 0 saturated heterocycles. The first kappa shape index (κ1) is 15.5. The van der Waals surface area contributed by atoms with Gasteiger partial charge < -0.3 is 9.88 Å². The van der Waals surface area contributed by atoms with Crippen molar-refractivity contribution < 1.29 is 0 Å². The number of imidazole rings is 1. The summed E-state index contributed by atoms with van der Waals surface area (Å²) >= 11 is 12.7. The van der Waals surface area contributed by atoms with Crippen LogP contribution in [-0.4, -0.2) is 21.9 Å². The van der Waals surface area contributed by atoms with Crippen LogP contribution in [0.2, 0.25) is 10.0 Å². The number of nitrogens with one attached hydrogen (secondary N) is 1. The molecule has 1 N–H and O–H groups in total. The van der Waals surface area contributed by atoms with Crippen molar-refractivity contribution in [1.82, 2.24) is 14.9 Å². The molecule has 1 unspecified atom stereocenters. The predicted molar refractivity (Wildman–Crippen MR) is 99.6 cm³/mol. The Balaban J connectivity index is 1.57. The number of amidine groups is 1. The van der Waals surface area contributed by atoms with Gasteiger partial charge in [0.2, 0.25) is 0 Å². The molecule has 122 valence electrons. The fourth-order valence-corrected chi connectivity index (χ4v) is 3.66. The second-order valence-corrected chi connectivity index (χ2v) is 6.94. The van der Waals surface area contributed by atoms with Crippen molar-refractivity contribution in [2.45, 2.75) is 13.5 Å². The van der Waals surface area contributed by atoms with Crippen molar-refractivity contribution >= 4 is 45.5 Å². The topological polar surface area (TPSA) is 42.2 Å². The summed E-state index contributed by atoms with van der Waals surface area (Å²) in [6.45, 7) is 3.91. The third-order valence-electron chi connectivity index (χ3n) is 4.22. The number of halogens is 2. The van der Waals surface area contributed by atoms with E-state index in [2.05, 4.69) is 27.9 Å². The number of hydrogen-bond donors (Lipinski definition) is 1. The van der Waals surface area contributed by atoms with Crippen molar-refractivity contribution in [3.63, 3.8) is 0 Å². The molecule has 6 heteroatoms. The van der Waals surface area contributed by atoms with Crippen LogP contribution in [0.15, 0.2) is 48.0 Å². The van der Waals surface area contributed by atoms with E-state index < -0.39 is 0 Å². The highest BCUT2D eigenvalue weighted by atomic mass is 35.5. The molecule has 0 saturated carbocycles. The van der Waals surface area contributed by atoms with Gasteiger partial charge in [-0.15, -0.1) is 0 Å². The molecule has 0 spiro atoms. The second kappa shape index (κ2) is 6.11. The minimum absolute atomic E-state index is 0.434. The van der Waals surface area contributed by atoms with E-state index in [0.29, 0.717) is 16.0 Å². The summed E-state index contributed by atoms with van der Waals surface area (Å²) in [5.41, 5.74) is 1.86. The largest absolute Gasteiger partial charge is 0.369 e. The predicted octanol–water partition coefficient (Wildman–Crippen LogP) is 4.66. The van der Waals surface area contributed by atoms with Crippen LogP contribution in [0.3, 0.4) is 0 Å². The molecular formula is C18H16Cl2N4. The zero-order valence-corrected chi connectivity index (χ0v) is 14.6. The van der Waals surface area contributed by atoms with Gasteiger partial charge in [-0.3, -0.25) is 0 Å². The number of nitrogens with zero attached hydrogens (tertiary/aromatic N) is 3. The standard InChI is InChI=1S/C18H16Cl2N4/c1-11(9-24-6-5-21-10-24)8-22-18-13-4-2-3-12-14(19)7-15(20)17(23-18)16(12)13/h2-7,10-11H,8-9H2,1H3,(H,22,23). The Labute approximate surface area is 150 Å². The van der Waals surface area contributed by atoms with Gasteiger partial charge in [-0.25, -0.2) is 9.98 Å². The van der Waals surface area contributed by atoms with E-state index in [9.17, 15) is 0 Å². The van der Waals surface area contributed by atoms with Gasteiger partial charge in [0.25, 0.3) is 0 Å². The maximum absolute atomic E-state index is 6.34. The summed E-state index contributed by atoms with van der Waals surface area (Å²) in [7, 11) is 0. The monoisotopic (exact) mass is 358 g/mol. The average Bonchev–Trinajstić information content (AvgIpc) is 3.19. The molecule has 1 aliphatic heterocycles. The first-order chi connectivity index (χ1) is 11.6. The lowest BCUT2D eigenvalue weighted by Crippen LogP contribution is -2.29. The van der Waals surface area contributed by atoms with Gasteiger partial charge >= 0.3 is 0 Å². The van der Waals surface area contributed by atoms with Crippen LogP contribution in [0.1, 0.15) is 12.5 Å². The highest BCUT2D eigenvalue weighted by Gasteiger charge is 2.22. The second-order valence-electron chi connectivity index (χ2n) is 6.12. The Morgan fingerprint density at radius 1 is 1.25 bits per heavy atom. The van der Waals surface area contributed by atoms with Gasteiger partial charge in [0.1, 0.15) is 5.84 Å². The number of aromatic nitrogens is 2. The Hall–Kier alpha value is -2.04. The van der Waals surface area contributed by atoms with Gasteiger partial charge in [0.05, 0.1) is 22.1 Å². The quantitative estimate of drug-likeness (QED) is 0.736. The molecule has 2 aromatic carbocycles. The molecule has 4 rings (SSSR count). The molecule has 3 aromatic rings. The van der Waals surface area contributed by atoms with Crippen molar-refractivity contribution in [2.75, 3.05) is 6.54 Å². The van der Waals surface area contributed by atoms with E-state index in [4.69, 9.17) is 28.2 Å². The molecular weight excluding hydrogens is 343 g/mol. The Bertz CT molecular complexity index is 932. The van der Waals surface area contributed by atoms with Crippen molar-refractivity contribution in [3.8, 4) is 0 Å². The van der Waals surface area contributed by atoms with Gasteiger partial charge in [-0.05, 0) is 12.0 Å². The van der Waals surface area contributed by atoms with Crippen molar-refractivity contribution in [2.24, 2.45) is 10.9 Å². The SMILES string of the molecule is CC(CNC1=Nc2c(Cl)cc(Cl)c3cccc1c23)Cn1ccnc1. The summed E-state index contributed by atoms with van der Waals surface area (Å²) in [4.78, 5) is 8.78. The van der Waals surface area contributed by atoms with Crippen LogP contribution in [-0.2, 0) is 6.54 Å². The van der Waals surface area contributed by atoms with Crippen LogP contribution in [0, 0.1) is 5.92 Å². The van der Waals surface area contributed by atoms with Gasteiger partial charge in [0.15, 0.2) is 0 Å². The maximum Gasteiger partial charge on any atom is 0.134 e. The van der Waals surface area contributed by atoms with Gasteiger partial charge in [-0.1, -0.05) is 48.3 Å². The normalized spacial score (nSPS) is 14.0.